The first-order valence-electron chi connectivity index (χ1n) is 20.8. The van der Waals surface area contributed by atoms with Crippen molar-refractivity contribution in [2.45, 2.75) is 69.7 Å². The minimum atomic E-state index is -5.94. The van der Waals surface area contributed by atoms with E-state index in [1.807, 2.05) is 97.8 Å². The van der Waals surface area contributed by atoms with Gasteiger partial charge in [0.2, 0.25) is 5.69 Å². The molecule has 3 aliphatic rings. The quantitative estimate of drug-likeness (QED) is 0.0699. The lowest BCUT2D eigenvalue weighted by Gasteiger charge is -2.27. The predicted octanol–water partition coefficient (Wildman–Crippen LogP) is 9.04. The Hall–Kier alpha value is -5.07. The normalized spacial score (nSPS) is 18.5. The number of nitrogens with zero attached hydrogens (tertiary/aromatic N) is 3. The number of hydrogen-bond donors (Lipinski definition) is 1. The van der Waals surface area contributed by atoms with Gasteiger partial charge in [0, 0.05) is 71.4 Å². The SMILES string of the molecule is CN(C1=C(/C=C/C2=[N+](CCCCS(=O)(=O)[O-])c3ccc4ccccc4c3C2(C)C)c2ccccc2/C1=C\C=C1\N(CCCCS(=O)(=O)O)c2ccccc2C1(C)C)S(=O)(=O)C(F)(F)F. The lowest BCUT2D eigenvalue weighted by molar-refractivity contribution is -0.438. The maximum atomic E-state index is 14.5. The number of rotatable bonds is 15. The van der Waals surface area contributed by atoms with Crippen molar-refractivity contribution in [3.05, 3.63) is 143 Å². The third-order valence-corrected chi connectivity index (χ3v) is 15.5. The van der Waals surface area contributed by atoms with Crippen LogP contribution in [0.4, 0.5) is 24.5 Å². The maximum absolute atomic E-state index is 14.5. The van der Waals surface area contributed by atoms with Gasteiger partial charge in [-0.15, -0.1) is 0 Å². The van der Waals surface area contributed by atoms with Gasteiger partial charge in [0.15, 0.2) is 5.71 Å². The summed E-state index contributed by atoms with van der Waals surface area (Å²) in [4.78, 5) is 2.01. The number of likely N-dealkylation sites (N-methyl/N-ethyl adjacent to an activating group) is 1. The lowest BCUT2D eigenvalue weighted by Crippen LogP contribution is -2.37. The topological polar surface area (TPSA) is 155 Å². The molecule has 17 heteroatoms. The minimum Gasteiger partial charge on any atom is -0.748 e. The molecular weight excluding hydrogens is 888 g/mol. The van der Waals surface area contributed by atoms with Gasteiger partial charge in [-0.25, -0.2) is 8.42 Å². The van der Waals surface area contributed by atoms with Crippen molar-refractivity contribution in [3.63, 3.8) is 0 Å². The van der Waals surface area contributed by atoms with Crippen molar-refractivity contribution >= 4 is 69.3 Å². The molecule has 0 atom stereocenters. The Morgan fingerprint density at radius 2 is 1.41 bits per heavy atom. The van der Waals surface area contributed by atoms with Gasteiger partial charge in [-0.3, -0.25) is 8.86 Å². The Morgan fingerprint density at radius 1 is 0.766 bits per heavy atom. The molecule has 4 aromatic carbocycles. The van der Waals surface area contributed by atoms with E-state index in [2.05, 4.69) is 0 Å². The van der Waals surface area contributed by atoms with Crippen LogP contribution in [0.3, 0.4) is 0 Å². The fourth-order valence-corrected chi connectivity index (χ4v) is 11.3. The van der Waals surface area contributed by atoms with Crippen molar-refractivity contribution in [2.24, 2.45) is 0 Å². The molecule has 2 heterocycles. The first-order valence-corrected chi connectivity index (χ1v) is 25.4. The zero-order valence-corrected chi connectivity index (χ0v) is 38.5. The van der Waals surface area contributed by atoms with Crippen LogP contribution in [0.1, 0.15) is 75.6 Å². The van der Waals surface area contributed by atoms with E-state index in [0.717, 1.165) is 51.7 Å². The van der Waals surface area contributed by atoms with Crippen molar-refractivity contribution in [3.8, 4) is 0 Å². The van der Waals surface area contributed by atoms with Crippen LogP contribution in [0.5, 0.6) is 0 Å². The Bertz CT molecular complexity index is 3040. The molecule has 11 nitrogen and oxygen atoms in total. The second-order valence-electron chi connectivity index (χ2n) is 17.3. The summed E-state index contributed by atoms with van der Waals surface area (Å²) in [5.74, 6) is -0.952. The van der Waals surface area contributed by atoms with E-state index in [0.29, 0.717) is 37.1 Å². The molecule has 2 aliphatic heterocycles. The van der Waals surface area contributed by atoms with Crippen molar-refractivity contribution < 1.29 is 52.1 Å². The van der Waals surface area contributed by atoms with E-state index in [1.165, 1.54) is 0 Å². The molecule has 0 aromatic heterocycles. The molecule has 0 spiro atoms. The van der Waals surface area contributed by atoms with Gasteiger partial charge in [-0.1, -0.05) is 86.7 Å². The second-order valence-corrected chi connectivity index (χ2v) is 22.3. The largest absolute Gasteiger partial charge is 0.748 e. The molecule has 7 rings (SSSR count). The van der Waals surface area contributed by atoms with Crippen molar-refractivity contribution in [1.29, 1.82) is 0 Å². The molecule has 1 aliphatic carbocycles. The monoisotopic (exact) mass is 937 g/mol. The molecule has 0 saturated heterocycles. The number of anilines is 1. The van der Waals surface area contributed by atoms with Crippen LogP contribution in [0, 0.1) is 0 Å². The van der Waals surface area contributed by atoms with Gasteiger partial charge in [0.25, 0.3) is 10.1 Å². The zero-order valence-electron chi connectivity index (χ0n) is 36.1. The summed E-state index contributed by atoms with van der Waals surface area (Å²) >= 11 is 0. The number of allylic oxidation sites excluding steroid dienone is 7. The van der Waals surface area contributed by atoms with E-state index in [1.54, 1.807) is 48.6 Å². The van der Waals surface area contributed by atoms with Crippen LogP contribution in [-0.4, -0.2) is 86.1 Å². The summed E-state index contributed by atoms with van der Waals surface area (Å²) in [6.07, 6.45) is 7.85. The number of alkyl halides is 3. The molecular formula is C47H50F3N3O8S3. The molecule has 0 radical (unpaired) electrons. The van der Waals surface area contributed by atoms with E-state index < -0.39 is 58.1 Å². The first-order chi connectivity index (χ1) is 29.9. The third-order valence-electron chi connectivity index (χ3n) is 12.4. The second kappa shape index (κ2) is 17.1. The van der Waals surface area contributed by atoms with Gasteiger partial charge in [0.05, 0.1) is 27.0 Å². The Kier molecular flexibility index (Phi) is 12.5. The number of hydrogen-bond acceptors (Lipinski definition) is 8. The predicted molar refractivity (Wildman–Crippen MR) is 244 cm³/mol. The number of benzene rings is 4. The maximum Gasteiger partial charge on any atom is 0.516 e. The Morgan fingerprint density at radius 3 is 2.09 bits per heavy atom. The lowest BCUT2D eigenvalue weighted by atomic mass is 9.79. The number of halogens is 3. The van der Waals surface area contributed by atoms with Crippen LogP contribution in [0.2, 0.25) is 0 Å². The minimum absolute atomic E-state index is 0.110. The van der Waals surface area contributed by atoms with Gasteiger partial charge in [-0.05, 0) is 84.9 Å². The molecule has 0 saturated carbocycles. The number of unbranched alkanes of at least 4 members (excludes halogenated alkanes) is 2. The van der Waals surface area contributed by atoms with E-state index in [-0.39, 0.29) is 34.0 Å². The van der Waals surface area contributed by atoms with Gasteiger partial charge >= 0.3 is 15.5 Å². The van der Waals surface area contributed by atoms with Crippen molar-refractivity contribution in [2.75, 3.05) is 36.5 Å². The van der Waals surface area contributed by atoms with Crippen LogP contribution >= 0.6 is 0 Å². The zero-order chi connectivity index (χ0) is 46.6. The Balaban J connectivity index is 1.41. The highest BCUT2D eigenvalue weighted by Gasteiger charge is 2.51. The molecule has 4 aromatic rings. The van der Waals surface area contributed by atoms with Crippen LogP contribution in [-0.2, 0) is 41.1 Å². The molecule has 0 bridgehead atoms. The highest BCUT2D eigenvalue weighted by atomic mass is 32.2. The molecule has 0 unspecified atom stereocenters. The third kappa shape index (κ3) is 8.84. The Labute approximate surface area is 373 Å². The highest BCUT2D eigenvalue weighted by Crippen LogP contribution is 2.50. The summed E-state index contributed by atoms with van der Waals surface area (Å²) in [5, 5.41) is 1.96. The number of fused-ring (bicyclic) bond motifs is 5. The highest BCUT2D eigenvalue weighted by molar-refractivity contribution is 7.90. The fraction of sp³-hybridized carbons (Fsp3) is 0.340. The summed E-state index contributed by atoms with van der Waals surface area (Å²) in [5.41, 5.74) is -0.669. The van der Waals surface area contributed by atoms with Crippen LogP contribution in [0.25, 0.3) is 21.9 Å². The van der Waals surface area contributed by atoms with E-state index in [9.17, 15) is 47.5 Å². The number of sulfonamides is 1. The summed E-state index contributed by atoms with van der Waals surface area (Å²) in [6.45, 7) is 8.70. The smallest absolute Gasteiger partial charge is 0.516 e. The molecule has 0 fully saturated rings. The fourth-order valence-electron chi connectivity index (χ4n) is 9.39. The van der Waals surface area contributed by atoms with Gasteiger partial charge in [-0.2, -0.15) is 34.6 Å². The van der Waals surface area contributed by atoms with E-state index >= 15 is 0 Å². The average Bonchev–Trinajstić information content (AvgIpc) is 3.73. The van der Waals surface area contributed by atoms with Crippen LogP contribution < -0.4 is 4.90 Å². The summed E-state index contributed by atoms with van der Waals surface area (Å²) < 4.78 is 140. The first kappa shape index (κ1) is 46.9. The molecule has 1 N–H and O–H groups in total. The summed E-state index contributed by atoms with van der Waals surface area (Å²) in [6, 6.07) is 26.4. The average molecular weight is 938 g/mol. The number of para-hydroxylation sites is 1. The van der Waals surface area contributed by atoms with Crippen molar-refractivity contribution in [1.82, 2.24) is 4.31 Å². The molecule has 64 heavy (non-hydrogen) atoms. The standard InChI is InChI=1S/C47H50F3N3O8S3/c1-45(2)38-20-10-11-21-39(38)52(28-12-14-30-62(54,55)56)41(45)26-23-36-34-18-8-9-19-35(34)37(44(36)51(5)64(60,61)47(48,49)50)24-27-42-46(3,4)43-33-17-7-6-16-32(33)22-25-40(43)53(42)29-13-15-31-63(57,58)59/h6-11,16-27H,12-15,28-31H2,1-5H3,(H-,54,55,56,57,58,59). The van der Waals surface area contributed by atoms with Gasteiger partial charge < -0.3 is 9.45 Å². The van der Waals surface area contributed by atoms with Gasteiger partial charge in [0.1, 0.15) is 6.54 Å². The molecule has 0 amide bonds. The van der Waals surface area contributed by atoms with Crippen LogP contribution in [0.15, 0.2) is 121 Å². The molecule has 340 valence electrons. The van der Waals surface area contributed by atoms with E-state index in [4.69, 9.17) is 0 Å². The summed E-state index contributed by atoms with van der Waals surface area (Å²) in [7, 11) is -13.7.